The Morgan fingerprint density at radius 2 is 1.79 bits per heavy atom. The maximum absolute atomic E-state index is 12.9. The molecule has 0 radical (unpaired) electrons. The van der Waals surface area contributed by atoms with E-state index in [0.29, 0.717) is 45.6 Å². The molecule has 0 bridgehead atoms. The molecule has 0 spiro atoms. The predicted molar refractivity (Wildman–Crippen MR) is 105 cm³/mol. The SMILES string of the molecule is CC1CN(C(=O)OCc2ccccc2)CCN1C(=O)C1CCN(CC(F)F)CC1. The summed E-state index contributed by atoms with van der Waals surface area (Å²) in [7, 11) is 0. The van der Waals surface area contributed by atoms with Gasteiger partial charge in [0.25, 0.3) is 6.43 Å². The van der Waals surface area contributed by atoms with Crippen molar-refractivity contribution in [1.82, 2.24) is 14.7 Å². The third kappa shape index (κ3) is 5.88. The number of likely N-dealkylation sites (tertiary alicyclic amines) is 1. The van der Waals surface area contributed by atoms with Crippen LogP contribution < -0.4 is 0 Å². The molecular formula is C21H29F2N3O3. The topological polar surface area (TPSA) is 53.1 Å². The van der Waals surface area contributed by atoms with Crippen molar-refractivity contribution in [3.63, 3.8) is 0 Å². The fraction of sp³-hybridized carbons (Fsp3) is 0.619. The summed E-state index contributed by atoms with van der Waals surface area (Å²) in [6.07, 6.45) is -1.49. The van der Waals surface area contributed by atoms with Gasteiger partial charge in [-0.15, -0.1) is 0 Å². The third-order valence-electron chi connectivity index (χ3n) is 5.71. The van der Waals surface area contributed by atoms with Crippen molar-refractivity contribution in [3.8, 4) is 0 Å². The standard InChI is InChI=1S/C21H29F2N3O3/c1-16-13-25(21(28)29-15-17-5-3-2-4-6-17)11-12-26(16)20(27)18-7-9-24(10-8-18)14-19(22)23/h2-6,16,18-19H,7-15H2,1H3. The van der Waals surface area contributed by atoms with Crippen LogP contribution in [0.2, 0.25) is 0 Å². The van der Waals surface area contributed by atoms with E-state index in [1.54, 1.807) is 9.80 Å². The first-order chi connectivity index (χ1) is 13.9. The molecule has 2 aliphatic heterocycles. The summed E-state index contributed by atoms with van der Waals surface area (Å²) in [5.41, 5.74) is 0.931. The van der Waals surface area contributed by atoms with Crippen LogP contribution in [-0.4, -0.2) is 78.4 Å². The predicted octanol–water partition coefficient (Wildman–Crippen LogP) is 2.83. The van der Waals surface area contributed by atoms with Crippen LogP contribution in [0.15, 0.2) is 30.3 Å². The lowest BCUT2D eigenvalue weighted by molar-refractivity contribution is -0.141. The van der Waals surface area contributed by atoms with Gasteiger partial charge in [0.1, 0.15) is 6.61 Å². The second-order valence-electron chi connectivity index (χ2n) is 7.83. The Morgan fingerprint density at radius 3 is 2.41 bits per heavy atom. The summed E-state index contributed by atoms with van der Waals surface area (Å²) in [5, 5.41) is 0. The van der Waals surface area contributed by atoms with Gasteiger partial charge in [-0.05, 0) is 38.4 Å². The number of rotatable bonds is 5. The van der Waals surface area contributed by atoms with Crippen molar-refractivity contribution in [2.24, 2.45) is 5.92 Å². The van der Waals surface area contributed by atoms with E-state index in [0.717, 1.165) is 5.56 Å². The fourth-order valence-corrected chi connectivity index (χ4v) is 4.05. The highest BCUT2D eigenvalue weighted by molar-refractivity contribution is 5.79. The van der Waals surface area contributed by atoms with E-state index in [9.17, 15) is 18.4 Å². The number of carbonyl (C=O) groups excluding carboxylic acids is 2. The van der Waals surface area contributed by atoms with Crippen molar-refractivity contribution < 1.29 is 23.1 Å². The average Bonchev–Trinajstić information content (AvgIpc) is 2.72. The summed E-state index contributed by atoms with van der Waals surface area (Å²) in [5.74, 6) is -0.0468. The van der Waals surface area contributed by atoms with E-state index < -0.39 is 6.43 Å². The molecule has 2 amide bonds. The van der Waals surface area contributed by atoms with Crippen molar-refractivity contribution >= 4 is 12.0 Å². The first-order valence-electron chi connectivity index (χ1n) is 10.2. The summed E-state index contributed by atoms with van der Waals surface area (Å²) in [4.78, 5) is 30.4. The van der Waals surface area contributed by atoms with Gasteiger partial charge < -0.3 is 14.5 Å². The first-order valence-corrected chi connectivity index (χ1v) is 10.2. The Balaban J connectivity index is 1.44. The minimum Gasteiger partial charge on any atom is -0.445 e. The highest BCUT2D eigenvalue weighted by Gasteiger charge is 2.35. The molecule has 1 unspecified atom stereocenters. The average molecular weight is 409 g/mol. The van der Waals surface area contributed by atoms with Crippen molar-refractivity contribution in [2.45, 2.75) is 38.8 Å². The van der Waals surface area contributed by atoms with Crippen LogP contribution in [0.25, 0.3) is 0 Å². The van der Waals surface area contributed by atoms with Gasteiger partial charge in [-0.25, -0.2) is 13.6 Å². The molecule has 2 fully saturated rings. The van der Waals surface area contributed by atoms with E-state index >= 15 is 0 Å². The molecule has 1 aromatic rings. The van der Waals surface area contributed by atoms with Gasteiger partial charge in [0.2, 0.25) is 5.91 Å². The van der Waals surface area contributed by atoms with Crippen LogP contribution in [0.3, 0.4) is 0 Å². The fourth-order valence-electron chi connectivity index (χ4n) is 4.05. The molecule has 2 heterocycles. The van der Waals surface area contributed by atoms with E-state index in [2.05, 4.69) is 0 Å². The van der Waals surface area contributed by atoms with Gasteiger partial charge in [0, 0.05) is 31.6 Å². The third-order valence-corrected chi connectivity index (χ3v) is 5.71. The zero-order valence-electron chi connectivity index (χ0n) is 16.8. The van der Waals surface area contributed by atoms with Crippen LogP contribution >= 0.6 is 0 Å². The summed E-state index contributed by atoms with van der Waals surface area (Å²) in [6.45, 7) is 4.34. The number of carbonyl (C=O) groups is 2. The molecule has 1 atom stereocenters. The van der Waals surface area contributed by atoms with Crippen molar-refractivity contribution in [2.75, 3.05) is 39.3 Å². The first kappa shape index (κ1) is 21.5. The summed E-state index contributed by atoms with van der Waals surface area (Å²) in [6, 6.07) is 9.41. The number of alkyl halides is 2. The smallest absolute Gasteiger partial charge is 0.410 e. The van der Waals surface area contributed by atoms with Crippen LogP contribution in [0.4, 0.5) is 13.6 Å². The Bertz CT molecular complexity index is 681. The van der Waals surface area contributed by atoms with Gasteiger partial charge in [0.15, 0.2) is 0 Å². The molecule has 8 heteroatoms. The largest absolute Gasteiger partial charge is 0.445 e. The maximum atomic E-state index is 12.9. The van der Waals surface area contributed by atoms with Gasteiger partial charge in [-0.1, -0.05) is 30.3 Å². The minimum atomic E-state index is -2.34. The molecule has 29 heavy (non-hydrogen) atoms. The molecule has 0 N–H and O–H groups in total. The molecule has 2 saturated heterocycles. The molecule has 0 aromatic heterocycles. The Labute approximate surface area is 170 Å². The number of hydrogen-bond acceptors (Lipinski definition) is 4. The van der Waals surface area contributed by atoms with Crippen LogP contribution in [0, 0.1) is 5.92 Å². The lowest BCUT2D eigenvalue weighted by Gasteiger charge is -2.42. The van der Waals surface area contributed by atoms with Crippen LogP contribution in [0.5, 0.6) is 0 Å². The quantitative estimate of drug-likeness (QED) is 0.751. The summed E-state index contributed by atoms with van der Waals surface area (Å²) >= 11 is 0. The highest BCUT2D eigenvalue weighted by atomic mass is 19.3. The highest BCUT2D eigenvalue weighted by Crippen LogP contribution is 2.23. The number of benzene rings is 1. The molecule has 3 rings (SSSR count). The van der Waals surface area contributed by atoms with E-state index in [1.165, 1.54) is 0 Å². The van der Waals surface area contributed by atoms with Crippen LogP contribution in [-0.2, 0) is 16.1 Å². The lowest BCUT2D eigenvalue weighted by Crippen LogP contribution is -2.57. The molecular weight excluding hydrogens is 380 g/mol. The van der Waals surface area contributed by atoms with Gasteiger partial charge in [-0.2, -0.15) is 0 Å². The minimum absolute atomic E-state index is 0.0755. The molecule has 0 aliphatic carbocycles. The second-order valence-corrected chi connectivity index (χ2v) is 7.83. The number of ether oxygens (including phenoxy) is 1. The Hall–Kier alpha value is -2.22. The Kier molecular flexibility index (Phi) is 7.41. The van der Waals surface area contributed by atoms with Crippen molar-refractivity contribution in [1.29, 1.82) is 0 Å². The molecule has 6 nitrogen and oxygen atoms in total. The molecule has 2 aliphatic rings. The van der Waals surface area contributed by atoms with Gasteiger partial charge in [0.05, 0.1) is 6.54 Å². The lowest BCUT2D eigenvalue weighted by atomic mass is 9.94. The number of hydrogen-bond donors (Lipinski definition) is 0. The van der Waals surface area contributed by atoms with Crippen molar-refractivity contribution in [3.05, 3.63) is 35.9 Å². The number of nitrogens with zero attached hydrogens (tertiary/aromatic N) is 3. The van der Waals surface area contributed by atoms with E-state index in [-0.39, 0.29) is 37.1 Å². The number of piperidine rings is 1. The van der Waals surface area contributed by atoms with Crippen LogP contribution in [0.1, 0.15) is 25.3 Å². The number of amides is 2. The monoisotopic (exact) mass is 409 g/mol. The zero-order valence-corrected chi connectivity index (χ0v) is 16.8. The number of halogens is 2. The summed E-state index contributed by atoms with van der Waals surface area (Å²) < 4.78 is 30.4. The Morgan fingerprint density at radius 1 is 1.10 bits per heavy atom. The second kappa shape index (κ2) is 10.0. The van der Waals surface area contributed by atoms with E-state index in [4.69, 9.17) is 4.74 Å². The van der Waals surface area contributed by atoms with E-state index in [1.807, 2.05) is 42.2 Å². The van der Waals surface area contributed by atoms with Gasteiger partial charge in [-0.3, -0.25) is 9.69 Å². The van der Waals surface area contributed by atoms with Gasteiger partial charge >= 0.3 is 6.09 Å². The molecule has 1 aromatic carbocycles. The maximum Gasteiger partial charge on any atom is 0.410 e. The number of piperazine rings is 1. The normalized spacial score (nSPS) is 21.4. The molecule has 160 valence electrons. The zero-order chi connectivity index (χ0) is 20.8. The molecule has 0 saturated carbocycles.